The lowest BCUT2D eigenvalue weighted by molar-refractivity contribution is -0.120. The Morgan fingerprint density at radius 3 is 2.26 bits per heavy atom. The monoisotopic (exact) mass is 313 g/mol. The minimum absolute atomic E-state index is 0.0114. The molecule has 0 heterocycles. The summed E-state index contributed by atoms with van der Waals surface area (Å²) in [6, 6.07) is 9.95. The Hall–Kier alpha value is -1.75. The van der Waals surface area contributed by atoms with Crippen LogP contribution in [0, 0.1) is 11.8 Å². The quantitative estimate of drug-likeness (QED) is 0.440. The number of rotatable bonds is 11. The second-order valence-electron chi connectivity index (χ2n) is 6.02. The van der Waals surface area contributed by atoms with Crippen LogP contribution in [0.5, 0.6) is 0 Å². The topological polar surface area (TPSA) is 29.1 Å². The highest BCUT2D eigenvalue weighted by Gasteiger charge is 1.97. The summed E-state index contributed by atoms with van der Waals surface area (Å²) in [5.41, 5.74) is 1.12. The molecule has 2 heteroatoms. The largest absolute Gasteiger partial charge is 0.351 e. The average Bonchev–Trinajstić information content (AvgIpc) is 2.59. The van der Waals surface area contributed by atoms with Crippen LogP contribution in [0.4, 0.5) is 0 Å². The van der Waals surface area contributed by atoms with Crippen molar-refractivity contribution in [1.29, 1.82) is 0 Å². The van der Waals surface area contributed by atoms with E-state index in [1.807, 2.05) is 30.3 Å². The van der Waals surface area contributed by atoms with Gasteiger partial charge in [0.25, 0.3) is 0 Å². The van der Waals surface area contributed by atoms with Crippen LogP contribution in [0.3, 0.4) is 0 Å². The van der Waals surface area contributed by atoms with Crippen LogP contribution in [-0.4, -0.2) is 5.91 Å². The number of hydrogen-bond acceptors (Lipinski definition) is 1. The maximum atomic E-state index is 11.7. The number of hydrogen-bond donors (Lipinski definition) is 1. The number of nitrogens with one attached hydrogen (secondary N) is 1. The molecule has 0 aliphatic carbocycles. The molecule has 0 aromatic heterocycles. The van der Waals surface area contributed by atoms with Crippen molar-refractivity contribution in [2.24, 2.45) is 0 Å². The van der Waals surface area contributed by atoms with Crippen molar-refractivity contribution >= 4 is 5.91 Å². The average molecular weight is 313 g/mol. The van der Waals surface area contributed by atoms with Gasteiger partial charge >= 0.3 is 0 Å². The number of carbonyl (C=O) groups excluding carboxylic acids is 1. The van der Waals surface area contributed by atoms with Crippen LogP contribution in [0.1, 0.15) is 76.7 Å². The van der Waals surface area contributed by atoms with Crippen molar-refractivity contribution in [3.63, 3.8) is 0 Å². The highest BCUT2D eigenvalue weighted by Crippen LogP contribution is 2.09. The second-order valence-corrected chi connectivity index (χ2v) is 6.02. The summed E-state index contributed by atoms with van der Waals surface area (Å²) in [6.07, 6.45) is 11.8. The van der Waals surface area contributed by atoms with Gasteiger partial charge in [0.15, 0.2) is 0 Å². The van der Waals surface area contributed by atoms with Gasteiger partial charge in [0.1, 0.15) is 0 Å². The summed E-state index contributed by atoms with van der Waals surface area (Å²) in [4.78, 5) is 11.7. The van der Waals surface area contributed by atoms with Crippen molar-refractivity contribution < 1.29 is 4.79 Å². The summed E-state index contributed by atoms with van der Waals surface area (Å²) >= 11 is 0. The van der Waals surface area contributed by atoms with Crippen LogP contribution < -0.4 is 5.32 Å². The van der Waals surface area contributed by atoms with Crippen molar-refractivity contribution in [3.8, 4) is 11.8 Å². The Bertz CT molecular complexity index is 470. The molecular formula is C21H31NO. The lowest BCUT2D eigenvalue weighted by Gasteiger charge is -2.02. The number of unbranched alkanes of at least 4 members (excludes halogenated alkanes) is 8. The predicted octanol–water partition coefficient (Wildman–Crippen LogP) is 5.23. The Morgan fingerprint density at radius 1 is 0.913 bits per heavy atom. The fraction of sp³-hybridized carbons (Fsp3) is 0.571. The molecule has 1 N–H and O–H groups in total. The highest BCUT2D eigenvalue weighted by molar-refractivity contribution is 5.78. The Balaban J connectivity index is 1.95. The minimum atomic E-state index is 0.0114. The molecule has 1 rings (SSSR count). The van der Waals surface area contributed by atoms with Gasteiger partial charge in [-0.2, -0.15) is 0 Å². The molecule has 0 atom stereocenters. The standard InChI is InChI=1S/C21H31NO/c1-2-3-4-5-6-7-8-9-10-11-15-18-21(23)22-19-20-16-13-12-14-17-20/h12-14,16-17H,2-10,18-19H2,1H3,(H,22,23). The number of carbonyl (C=O) groups is 1. The fourth-order valence-electron chi connectivity index (χ4n) is 2.44. The smallest absolute Gasteiger partial charge is 0.232 e. The molecule has 0 spiro atoms. The molecule has 0 radical (unpaired) electrons. The van der Waals surface area contributed by atoms with Gasteiger partial charge in [-0.15, -0.1) is 5.92 Å². The number of amides is 1. The highest BCUT2D eigenvalue weighted by atomic mass is 16.1. The van der Waals surface area contributed by atoms with E-state index in [1.165, 1.54) is 44.9 Å². The zero-order valence-electron chi connectivity index (χ0n) is 14.6. The van der Waals surface area contributed by atoms with Gasteiger partial charge in [-0.1, -0.05) is 88.1 Å². The minimum Gasteiger partial charge on any atom is -0.351 e. The third-order valence-corrected chi connectivity index (χ3v) is 3.86. The van der Waals surface area contributed by atoms with E-state index in [4.69, 9.17) is 0 Å². The van der Waals surface area contributed by atoms with Crippen molar-refractivity contribution in [3.05, 3.63) is 35.9 Å². The first kappa shape index (κ1) is 19.3. The fourth-order valence-corrected chi connectivity index (χ4v) is 2.44. The van der Waals surface area contributed by atoms with Gasteiger partial charge in [-0.05, 0) is 12.0 Å². The van der Waals surface area contributed by atoms with Gasteiger partial charge < -0.3 is 5.32 Å². The summed E-state index contributed by atoms with van der Waals surface area (Å²) in [6.45, 7) is 2.83. The van der Waals surface area contributed by atoms with Crippen molar-refractivity contribution in [1.82, 2.24) is 5.32 Å². The maximum absolute atomic E-state index is 11.7. The van der Waals surface area contributed by atoms with Gasteiger partial charge in [0, 0.05) is 13.0 Å². The predicted molar refractivity (Wildman–Crippen MR) is 97.9 cm³/mol. The Kier molecular flexibility index (Phi) is 11.6. The van der Waals surface area contributed by atoms with E-state index in [0.29, 0.717) is 13.0 Å². The molecule has 2 nitrogen and oxygen atoms in total. The van der Waals surface area contributed by atoms with Gasteiger partial charge in [0.05, 0.1) is 6.42 Å². The first-order valence-electron chi connectivity index (χ1n) is 9.09. The number of benzene rings is 1. The molecular weight excluding hydrogens is 282 g/mol. The molecule has 0 aliphatic rings. The lowest BCUT2D eigenvalue weighted by atomic mass is 10.1. The molecule has 0 saturated heterocycles. The molecule has 1 aromatic carbocycles. The normalized spacial score (nSPS) is 9.96. The summed E-state index contributed by atoms with van der Waals surface area (Å²) in [5.74, 6) is 6.10. The van der Waals surface area contributed by atoms with Gasteiger partial charge in [0.2, 0.25) is 5.91 Å². The van der Waals surface area contributed by atoms with E-state index < -0.39 is 0 Å². The van der Waals surface area contributed by atoms with E-state index in [1.54, 1.807) is 0 Å². The molecule has 1 amide bonds. The zero-order valence-corrected chi connectivity index (χ0v) is 14.6. The molecule has 0 fully saturated rings. The Labute approximate surface area is 142 Å². The SMILES string of the molecule is CCCCCCCCCCC#CCC(=O)NCc1ccccc1. The van der Waals surface area contributed by atoms with E-state index in [0.717, 1.165) is 18.4 Å². The molecule has 1 aromatic rings. The third-order valence-electron chi connectivity index (χ3n) is 3.86. The van der Waals surface area contributed by atoms with E-state index in [9.17, 15) is 4.79 Å². The van der Waals surface area contributed by atoms with E-state index in [2.05, 4.69) is 24.1 Å². The van der Waals surface area contributed by atoms with Crippen LogP contribution >= 0.6 is 0 Å². The molecule has 0 bridgehead atoms. The third kappa shape index (κ3) is 11.5. The molecule has 0 aliphatic heterocycles. The van der Waals surface area contributed by atoms with Gasteiger partial charge in [-0.25, -0.2) is 0 Å². The van der Waals surface area contributed by atoms with Crippen molar-refractivity contribution in [2.45, 2.75) is 77.7 Å². The summed E-state index contributed by atoms with van der Waals surface area (Å²) in [5, 5.41) is 2.89. The molecule has 23 heavy (non-hydrogen) atoms. The summed E-state index contributed by atoms with van der Waals surface area (Å²) < 4.78 is 0. The van der Waals surface area contributed by atoms with E-state index in [-0.39, 0.29) is 5.91 Å². The second kappa shape index (κ2) is 13.9. The van der Waals surface area contributed by atoms with Crippen molar-refractivity contribution in [2.75, 3.05) is 0 Å². The molecule has 0 saturated carbocycles. The molecule has 0 unspecified atom stereocenters. The van der Waals surface area contributed by atoms with Gasteiger partial charge in [-0.3, -0.25) is 4.79 Å². The van der Waals surface area contributed by atoms with Crippen LogP contribution in [0.15, 0.2) is 30.3 Å². The first-order chi connectivity index (χ1) is 11.3. The van der Waals surface area contributed by atoms with Crippen LogP contribution in [-0.2, 0) is 11.3 Å². The molecule has 126 valence electrons. The van der Waals surface area contributed by atoms with E-state index >= 15 is 0 Å². The lowest BCUT2D eigenvalue weighted by Crippen LogP contribution is -2.21. The van der Waals surface area contributed by atoms with Crippen LogP contribution in [0.25, 0.3) is 0 Å². The first-order valence-corrected chi connectivity index (χ1v) is 9.09. The Morgan fingerprint density at radius 2 is 1.57 bits per heavy atom. The van der Waals surface area contributed by atoms with Crippen LogP contribution in [0.2, 0.25) is 0 Å². The summed E-state index contributed by atoms with van der Waals surface area (Å²) in [7, 11) is 0. The zero-order chi connectivity index (χ0) is 16.6. The maximum Gasteiger partial charge on any atom is 0.232 e.